The van der Waals surface area contributed by atoms with Crippen LogP contribution in [0, 0.1) is 0 Å². The van der Waals surface area contributed by atoms with Gasteiger partial charge in [0.1, 0.15) is 0 Å². The van der Waals surface area contributed by atoms with Crippen molar-refractivity contribution in [3.63, 3.8) is 0 Å². The molecule has 0 unspecified atom stereocenters. The number of hydrogen-bond donors (Lipinski definition) is 1. The van der Waals surface area contributed by atoms with Crippen LogP contribution in [0.15, 0.2) is 6.07 Å². The third kappa shape index (κ3) is 2.94. The molecule has 2 N–H and O–H groups in total. The fourth-order valence-electron chi connectivity index (χ4n) is 1.06. The van der Waals surface area contributed by atoms with Gasteiger partial charge in [0.2, 0.25) is 5.28 Å². The Morgan fingerprint density at radius 3 is 2.69 bits per heavy atom. The number of rotatable bonds is 3. The van der Waals surface area contributed by atoms with Crippen LogP contribution >= 0.6 is 11.6 Å². The number of aromatic nitrogens is 2. The summed E-state index contributed by atoms with van der Waals surface area (Å²) >= 11 is 5.77. The minimum Gasteiger partial charge on any atom is -0.330 e. The maximum atomic E-state index is 5.77. The van der Waals surface area contributed by atoms with E-state index in [0.717, 1.165) is 17.8 Å². The first-order valence-electron chi connectivity index (χ1n) is 4.37. The predicted octanol–water partition coefficient (Wildman–Crippen LogP) is 1.75. The zero-order valence-corrected chi connectivity index (χ0v) is 8.67. The van der Waals surface area contributed by atoms with Gasteiger partial charge in [0.25, 0.3) is 0 Å². The zero-order valence-electron chi connectivity index (χ0n) is 7.92. The average molecular weight is 200 g/mol. The molecule has 1 aromatic heterocycles. The van der Waals surface area contributed by atoms with Gasteiger partial charge in [-0.1, -0.05) is 13.8 Å². The maximum Gasteiger partial charge on any atom is 0.222 e. The molecule has 72 valence electrons. The van der Waals surface area contributed by atoms with Gasteiger partial charge in [-0.3, -0.25) is 0 Å². The van der Waals surface area contributed by atoms with Crippen LogP contribution in [0.25, 0.3) is 0 Å². The molecule has 0 bridgehead atoms. The lowest BCUT2D eigenvalue weighted by Crippen LogP contribution is -2.06. The molecular weight excluding hydrogens is 186 g/mol. The summed E-state index contributed by atoms with van der Waals surface area (Å²) in [4.78, 5) is 8.21. The molecule has 0 saturated heterocycles. The van der Waals surface area contributed by atoms with Crippen molar-refractivity contribution in [3.05, 3.63) is 22.7 Å². The molecule has 0 aliphatic rings. The van der Waals surface area contributed by atoms with Crippen molar-refractivity contribution in [3.8, 4) is 0 Å². The molecule has 0 fully saturated rings. The molecule has 0 saturated carbocycles. The average Bonchev–Trinajstić information content (AvgIpc) is 2.03. The van der Waals surface area contributed by atoms with E-state index >= 15 is 0 Å². The third-order valence-electron chi connectivity index (χ3n) is 1.76. The van der Waals surface area contributed by atoms with Crippen molar-refractivity contribution in [1.82, 2.24) is 9.97 Å². The highest BCUT2D eigenvalue weighted by molar-refractivity contribution is 6.28. The largest absolute Gasteiger partial charge is 0.330 e. The van der Waals surface area contributed by atoms with Gasteiger partial charge in [0.15, 0.2) is 0 Å². The highest BCUT2D eigenvalue weighted by atomic mass is 35.5. The zero-order chi connectivity index (χ0) is 9.84. The van der Waals surface area contributed by atoms with Gasteiger partial charge in [-0.25, -0.2) is 9.97 Å². The van der Waals surface area contributed by atoms with E-state index in [1.165, 1.54) is 0 Å². The lowest BCUT2D eigenvalue weighted by atomic mass is 10.1. The van der Waals surface area contributed by atoms with Crippen molar-refractivity contribution in [2.45, 2.75) is 26.2 Å². The van der Waals surface area contributed by atoms with E-state index in [0.29, 0.717) is 17.7 Å². The smallest absolute Gasteiger partial charge is 0.222 e. The molecule has 0 spiro atoms. The molecule has 0 radical (unpaired) electrons. The van der Waals surface area contributed by atoms with E-state index in [4.69, 9.17) is 17.3 Å². The summed E-state index contributed by atoms with van der Waals surface area (Å²) in [6.45, 7) is 4.74. The van der Waals surface area contributed by atoms with Crippen LogP contribution in [0.3, 0.4) is 0 Å². The SMILES string of the molecule is CC(C)c1cc(CCN)nc(Cl)n1. The fourth-order valence-corrected chi connectivity index (χ4v) is 1.26. The first kappa shape index (κ1) is 10.4. The summed E-state index contributed by atoms with van der Waals surface area (Å²) in [7, 11) is 0. The molecule has 13 heavy (non-hydrogen) atoms. The van der Waals surface area contributed by atoms with Crippen LogP contribution in [0.1, 0.15) is 31.2 Å². The van der Waals surface area contributed by atoms with Crippen LogP contribution in [0.2, 0.25) is 5.28 Å². The molecular formula is C9H14ClN3. The van der Waals surface area contributed by atoms with Gasteiger partial charge in [-0.2, -0.15) is 0 Å². The Morgan fingerprint density at radius 1 is 1.46 bits per heavy atom. The summed E-state index contributed by atoms with van der Waals surface area (Å²) in [5, 5.41) is 0.314. The molecule has 1 heterocycles. The molecule has 0 aliphatic heterocycles. The predicted molar refractivity (Wildman–Crippen MR) is 53.9 cm³/mol. The van der Waals surface area contributed by atoms with Gasteiger partial charge >= 0.3 is 0 Å². The standard InChI is InChI=1S/C9H14ClN3/c1-6(2)8-5-7(3-4-11)12-9(10)13-8/h5-6H,3-4,11H2,1-2H3. The van der Waals surface area contributed by atoms with Crippen LogP contribution in [-0.2, 0) is 6.42 Å². The lowest BCUT2D eigenvalue weighted by Gasteiger charge is -2.06. The first-order valence-corrected chi connectivity index (χ1v) is 4.74. The third-order valence-corrected chi connectivity index (χ3v) is 1.93. The summed E-state index contributed by atoms with van der Waals surface area (Å²) < 4.78 is 0. The number of nitrogens with two attached hydrogens (primary N) is 1. The Balaban J connectivity index is 2.96. The van der Waals surface area contributed by atoms with Crippen molar-refractivity contribution >= 4 is 11.6 Å². The van der Waals surface area contributed by atoms with Gasteiger partial charge in [0.05, 0.1) is 0 Å². The topological polar surface area (TPSA) is 51.8 Å². The Bertz CT molecular complexity index is 286. The Hall–Kier alpha value is -0.670. The van der Waals surface area contributed by atoms with Gasteiger partial charge in [-0.05, 0) is 30.1 Å². The van der Waals surface area contributed by atoms with Crippen LogP contribution in [-0.4, -0.2) is 16.5 Å². The van der Waals surface area contributed by atoms with Crippen LogP contribution < -0.4 is 5.73 Å². The van der Waals surface area contributed by atoms with Gasteiger partial charge in [-0.15, -0.1) is 0 Å². The van der Waals surface area contributed by atoms with Gasteiger partial charge < -0.3 is 5.73 Å². The minimum atomic E-state index is 0.314. The molecule has 1 aromatic rings. The number of nitrogens with zero attached hydrogens (tertiary/aromatic N) is 2. The van der Waals surface area contributed by atoms with Crippen molar-refractivity contribution in [1.29, 1.82) is 0 Å². The first-order chi connectivity index (χ1) is 6.13. The molecule has 3 nitrogen and oxygen atoms in total. The van der Waals surface area contributed by atoms with Crippen LogP contribution in [0.4, 0.5) is 0 Å². The van der Waals surface area contributed by atoms with Crippen LogP contribution in [0.5, 0.6) is 0 Å². The normalized spacial score (nSPS) is 10.8. The number of halogens is 1. The summed E-state index contributed by atoms with van der Waals surface area (Å²) in [6, 6.07) is 1.96. The molecule has 0 aliphatic carbocycles. The second kappa shape index (κ2) is 4.53. The summed E-state index contributed by atoms with van der Waals surface area (Å²) in [5.41, 5.74) is 7.33. The monoisotopic (exact) mass is 199 g/mol. The Morgan fingerprint density at radius 2 is 2.15 bits per heavy atom. The van der Waals surface area contributed by atoms with E-state index < -0.39 is 0 Å². The second-order valence-electron chi connectivity index (χ2n) is 3.25. The van der Waals surface area contributed by atoms with Crippen molar-refractivity contribution < 1.29 is 0 Å². The van der Waals surface area contributed by atoms with E-state index in [9.17, 15) is 0 Å². The molecule has 0 atom stereocenters. The highest BCUT2D eigenvalue weighted by Crippen LogP contribution is 2.14. The lowest BCUT2D eigenvalue weighted by molar-refractivity contribution is 0.796. The van der Waals surface area contributed by atoms with E-state index in [-0.39, 0.29) is 0 Å². The summed E-state index contributed by atoms with van der Waals surface area (Å²) in [6.07, 6.45) is 0.752. The molecule has 0 aromatic carbocycles. The van der Waals surface area contributed by atoms with E-state index in [2.05, 4.69) is 23.8 Å². The van der Waals surface area contributed by atoms with Crippen molar-refractivity contribution in [2.75, 3.05) is 6.54 Å². The highest BCUT2D eigenvalue weighted by Gasteiger charge is 2.05. The quantitative estimate of drug-likeness (QED) is 0.755. The van der Waals surface area contributed by atoms with Gasteiger partial charge in [0, 0.05) is 17.8 Å². The second-order valence-corrected chi connectivity index (χ2v) is 3.58. The summed E-state index contributed by atoms with van der Waals surface area (Å²) in [5.74, 6) is 0.372. The number of hydrogen-bond acceptors (Lipinski definition) is 3. The molecule has 4 heteroatoms. The Labute approximate surface area is 83.3 Å². The Kier molecular flexibility index (Phi) is 3.63. The minimum absolute atomic E-state index is 0.314. The van der Waals surface area contributed by atoms with Crippen molar-refractivity contribution in [2.24, 2.45) is 5.73 Å². The molecule has 1 rings (SSSR count). The van der Waals surface area contributed by atoms with E-state index in [1.807, 2.05) is 6.07 Å². The van der Waals surface area contributed by atoms with E-state index in [1.54, 1.807) is 0 Å². The maximum absolute atomic E-state index is 5.77. The fraction of sp³-hybridized carbons (Fsp3) is 0.556. The molecule has 0 amide bonds.